The van der Waals surface area contributed by atoms with Crippen molar-refractivity contribution in [3.05, 3.63) is 24.3 Å². The van der Waals surface area contributed by atoms with Gasteiger partial charge in [-0.05, 0) is 39.5 Å². The molecule has 0 aliphatic heterocycles. The van der Waals surface area contributed by atoms with Crippen molar-refractivity contribution in [2.24, 2.45) is 11.8 Å². The number of esters is 2. The second-order valence-corrected chi connectivity index (χ2v) is 5.55. The molecule has 1 rings (SSSR count). The van der Waals surface area contributed by atoms with E-state index in [1.165, 1.54) is 0 Å². The Bertz CT molecular complexity index is 360. The van der Waals surface area contributed by atoms with E-state index in [2.05, 4.69) is 0 Å². The fourth-order valence-corrected chi connectivity index (χ4v) is 2.70. The summed E-state index contributed by atoms with van der Waals surface area (Å²) in [5.74, 6) is -1.18. The van der Waals surface area contributed by atoms with Crippen LogP contribution in [0.15, 0.2) is 24.3 Å². The number of ether oxygens (including phenoxy) is 2. The zero-order valence-corrected chi connectivity index (χ0v) is 13.8. The summed E-state index contributed by atoms with van der Waals surface area (Å²) >= 11 is 0. The molecule has 1 aliphatic carbocycles. The van der Waals surface area contributed by atoms with Gasteiger partial charge in [-0.1, -0.05) is 37.1 Å². The van der Waals surface area contributed by atoms with Gasteiger partial charge in [-0.15, -0.1) is 0 Å². The highest BCUT2D eigenvalue weighted by Crippen LogP contribution is 2.32. The van der Waals surface area contributed by atoms with E-state index in [9.17, 15) is 9.59 Å². The average molecular weight is 308 g/mol. The van der Waals surface area contributed by atoms with Crippen LogP contribution in [0.1, 0.15) is 52.4 Å². The molecule has 0 N–H and O–H groups in total. The van der Waals surface area contributed by atoms with Crippen molar-refractivity contribution in [1.29, 1.82) is 0 Å². The lowest BCUT2D eigenvalue weighted by atomic mass is 9.79. The van der Waals surface area contributed by atoms with E-state index >= 15 is 0 Å². The van der Waals surface area contributed by atoms with Crippen LogP contribution >= 0.6 is 0 Å². The highest BCUT2D eigenvalue weighted by molar-refractivity contribution is 5.82. The first-order valence-corrected chi connectivity index (χ1v) is 8.26. The van der Waals surface area contributed by atoms with Crippen molar-refractivity contribution >= 4 is 11.9 Å². The Morgan fingerprint density at radius 1 is 0.864 bits per heavy atom. The minimum Gasteiger partial charge on any atom is -0.465 e. The summed E-state index contributed by atoms with van der Waals surface area (Å²) in [5.41, 5.74) is 0. The zero-order valence-electron chi connectivity index (χ0n) is 13.8. The number of hydrogen-bond donors (Lipinski definition) is 0. The van der Waals surface area contributed by atoms with Crippen LogP contribution in [0, 0.1) is 11.8 Å². The Labute approximate surface area is 133 Å². The maximum absolute atomic E-state index is 12.2. The first-order valence-electron chi connectivity index (χ1n) is 8.26. The third-order valence-corrected chi connectivity index (χ3v) is 3.90. The van der Waals surface area contributed by atoms with E-state index in [4.69, 9.17) is 9.47 Å². The van der Waals surface area contributed by atoms with Crippen LogP contribution < -0.4 is 0 Å². The van der Waals surface area contributed by atoms with Crippen molar-refractivity contribution in [1.82, 2.24) is 0 Å². The molecule has 0 amide bonds. The second-order valence-electron chi connectivity index (χ2n) is 5.55. The van der Waals surface area contributed by atoms with Crippen molar-refractivity contribution in [2.75, 3.05) is 13.2 Å². The zero-order chi connectivity index (χ0) is 16.2. The van der Waals surface area contributed by atoms with Crippen LogP contribution in [-0.4, -0.2) is 25.2 Å². The summed E-state index contributed by atoms with van der Waals surface area (Å²) < 4.78 is 10.6. The lowest BCUT2D eigenvalue weighted by Gasteiger charge is -2.28. The van der Waals surface area contributed by atoms with Gasteiger partial charge in [0.05, 0.1) is 25.0 Å². The number of rotatable bonds is 8. The third kappa shape index (κ3) is 6.46. The summed E-state index contributed by atoms with van der Waals surface area (Å²) in [6, 6.07) is 0. The first kappa shape index (κ1) is 18.5. The van der Waals surface area contributed by atoms with Crippen LogP contribution in [0.2, 0.25) is 0 Å². The SMILES string of the molecule is C/C=C/CCOC(=O)C1CCCCC1C(=O)OCC/C=C/C. The fourth-order valence-electron chi connectivity index (χ4n) is 2.70. The van der Waals surface area contributed by atoms with E-state index < -0.39 is 0 Å². The molecule has 0 bridgehead atoms. The van der Waals surface area contributed by atoms with Crippen molar-refractivity contribution in [3.63, 3.8) is 0 Å². The average Bonchev–Trinajstić information content (AvgIpc) is 2.55. The molecule has 0 saturated heterocycles. The third-order valence-electron chi connectivity index (χ3n) is 3.90. The van der Waals surface area contributed by atoms with E-state index in [0.717, 1.165) is 25.7 Å². The van der Waals surface area contributed by atoms with Gasteiger partial charge >= 0.3 is 11.9 Å². The normalized spacial score (nSPS) is 22.1. The van der Waals surface area contributed by atoms with Crippen LogP contribution in [0.25, 0.3) is 0 Å². The Kier molecular flexibility index (Phi) is 9.28. The lowest BCUT2D eigenvalue weighted by molar-refractivity contribution is -0.162. The molecule has 0 radical (unpaired) electrons. The molecule has 0 heterocycles. The van der Waals surface area contributed by atoms with Gasteiger partial charge in [-0.2, -0.15) is 0 Å². The first-order chi connectivity index (χ1) is 10.7. The predicted octanol–water partition coefficient (Wildman–Crippen LogP) is 3.81. The van der Waals surface area contributed by atoms with Crippen LogP contribution in [0.4, 0.5) is 0 Å². The van der Waals surface area contributed by atoms with Crippen LogP contribution in [0.5, 0.6) is 0 Å². The van der Waals surface area contributed by atoms with Crippen LogP contribution in [0.3, 0.4) is 0 Å². The maximum atomic E-state index is 12.2. The largest absolute Gasteiger partial charge is 0.465 e. The van der Waals surface area contributed by atoms with Gasteiger partial charge < -0.3 is 9.47 Å². The summed E-state index contributed by atoms with van der Waals surface area (Å²) in [5, 5.41) is 0. The van der Waals surface area contributed by atoms with Crippen LogP contribution in [-0.2, 0) is 19.1 Å². The smallest absolute Gasteiger partial charge is 0.309 e. The fraction of sp³-hybridized carbons (Fsp3) is 0.667. The van der Waals surface area contributed by atoms with Crippen molar-refractivity contribution < 1.29 is 19.1 Å². The van der Waals surface area contributed by atoms with E-state index in [-0.39, 0.29) is 23.8 Å². The topological polar surface area (TPSA) is 52.6 Å². The molecule has 0 spiro atoms. The van der Waals surface area contributed by atoms with E-state index in [1.807, 2.05) is 38.2 Å². The predicted molar refractivity (Wildman–Crippen MR) is 86.2 cm³/mol. The molecule has 0 aromatic carbocycles. The van der Waals surface area contributed by atoms with Gasteiger partial charge in [0.15, 0.2) is 0 Å². The Morgan fingerprint density at radius 3 is 1.64 bits per heavy atom. The minimum absolute atomic E-state index is 0.250. The van der Waals surface area contributed by atoms with E-state index in [0.29, 0.717) is 26.1 Å². The number of carbonyl (C=O) groups excluding carboxylic acids is 2. The van der Waals surface area contributed by atoms with Gasteiger partial charge in [-0.3, -0.25) is 9.59 Å². The number of carbonyl (C=O) groups is 2. The second kappa shape index (κ2) is 11.0. The van der Waals surface area contributed by atoms with Crippen molar-refractivity contribution in [2.45, 2.75) is 52.4 Å². The molecule has 4 heteroatoms. The number of allylic oxidation sites excluding steroid dienone is 2. The molecular weight excluding hydrogens is 280 g/mol. The Morgan fingerprint density at radius 2 is 1.27 bits per heavy atom. The van der Waals surface area contributed by atoms with Crippen molar-refractivity contribution in [3.8, 4) is 0 Å². The highest BCUT2D eigenvalue weighted by atomic mass is 16.5. The van der Waals surface area contributed by atoms with Gasteiger partial charge in [0.2, 0.25) is 0 Å². The standard InChI is InChI=1S/C18H28O4/c1-3-5-9-13-21-17(19)15-11-7-8-12-16(15)18(20)22-14-10-6-4-2/h3-6,15-16H,7-14H2,1-2H3/b5-3+,6-4+. The summed E-state index contributed by atoms with van der Waals surface area (Å²) in [6.45, 7) is 4.62. The quantitative estimate of drug-likeness (QED) is 0.389. The molecular formula is C18H28O4. The molecule has 1 fully saturated rings. The molecule has 1 saturated carbocycles. The monoisotopic (exact) mass is 308 g/mol. The Balaban J connectivity index is 2.47. The van der Waals surface area contributed by atoms with Gasteiger partial charge in [0, 0.05) is 0 Å². The van der Waals surface area contributed by atoms with Gasteiger partial charge in [-0.25, -0.2) is 0 Å². The molecule has 0 aromatic rings. The van der Waals surface area contributed by atoms with E-state index in [1.54, 1.807) is 0 Å². The molecule has 1 aliphatic rings. The molecule has 2 unspecified atom stereocenters. The summed E-state index contributed by atoms with van der Waals surface area (Å²) in [4.78, 5) is 24.4. The maximum Gasteiger partial charge on any atom is 0.309 e. The number of hydrogen-bond acceptors (Lipinski definition) is 4. The minimum atomic E-state index is -0.339. The summed E-state index contributed by atoms with van der Waals surface area (Å²) in [6.07, 6.45) is 12.6. The lowest BCUT2D eigenvalue weighted by Crippen LogP contribution is -2.35. The molecule has 4 nitrogen and oxygen atoms in total. The molecule has 22 heavy (non-hydrogen) atoms. The van der Waals surface area contributed by atoms with Gasteiger partial charge in [0.1, 0.15) is 0 Å². The molecule has 124 valence electrons. The Hall–Kier alpha value is -1.58. The van der Waals surface area contributed by atoms with Gasteiger partial charge in [0.25, 0.3) is 0 Å². The summed E-state index contributed by atoms with van der Waals surface area (Å²) in [7, 11) is 0. The molecule has 0 aromatic heterocycles. The molecule has 2 atom stereocenters. The highest BCUT2D eigenvalue weighted by Gasteiger charge is 2.37.